The van der Waals surface area contributed by atoms with Crippen LogP contribution in [-0.2, 0) is 11.2 Å². The summed E-state index contributed by atoms with van der Waals surface area (Å²) in [5, 5.41) is 10.5. The fraction of sp³-hybridized carbons (Fsp3) is 0.500. The van der Waals surface area contributed by atoms with E-state index in [0.29, 0.717) is 11.4 Å². The molecule has 2 rings (SSSR count). The number of carbonyl (C=O) groups excluding carboxylic acids is 1. The first-order valence-electron chi connectivity index (χ1n) is 7.32. The minimum absolute atomic E-state index is 0.0821. The van der Waals surface area contributed by atoms with Crippen molar-refractivity contribution in [3.63, 3.8) is 0 Å². The molecule has 0 aliphatic heterocycles. The van der Waals surface area contributed by atoms with Gasteiger partial charge < -0.3 is 5.32 Å². The first-order valence-corrected chi connectivity index (χ1v) is 7.32. The molecule has 1 N–H and O–H groups in total. The Morgan fingerprint density at radius 1 is 1.36 bits per heavy atom. The Balaban J connectivity index is 2.09. The standard InChI is InChI=1S/C16H22N4O2/c1-11-13(20-22-19-11)8-15(21)18-14(9-16(2,3)4)12-6-5-7-17-10-12/h5-7,10,14H,8-9H2,1-4H3,(H,18,21)/t14-/m0/s1. The second-order valence-corrected chi connectivity index (χ2v) is 6.64. The lowest BCUT2D eigenvalue weighted by Gasteiger charge is -2.27. The highest BCUT2D eigenvalue weighted by molar-refractivity contribution is 5.78. The van der Waals surface area contributed by atoms with Crippen molar-refractivity contribution in [3.05, 3.63) is 41.5 Å². The Labute approximate surface area is 130 Å². The van der Waals surface area contributed by atoms with Crippen LogP contribution in [0.1, 0.15) is 50.2 Å². The maximum absolute atomic E-state index is 12.3. The van der Waals surface area contributed by atoms with Gasteiger partial charge in [0.1, 0.15) is 11.4 Å². The average Bonchev–Trinajstić information content (AvgIpc) is 2.83. The summed E-state index contributed by atoms with van der Waals surface area (Å²) < 4.78 is 4.63. The third kappa shape index (κ3) is 4.65. The lowest BCUT2D eigenvalue weighted by atomic mass is 9.85. The molecular formula is C16H22N4O2. The maximum Gasteiger partial charge on any atom is 0.226 e. The van der Waals surface area contributed by atoms with Crippen LogP contribution in [0, 0.1) is 12.3 Å². The molecule has 1 amide bonds. The largest absolute Gasteiger partial charge is 0.349 e. The minimum Gasteiger partial charge on any atom is -0.349 e. The highest BCUT2D eigenvalue weighted by Gasteiger charge is 2.23. The number of hydrogen-bond donors (Lipinski definition) is 1. The minimum atomic E-state index is -0.100. The summed E-state index contributed by atoms with van der Waals surface area (Å²) in [6.45, 7) is 8.21. The van der Waals surface area contributed by atoms with Crippen LogP contribution in [0.2, 0.25) is 0 Å². The molecule has 0 aliphatic rings. The lowest BCUT2D eigenvalue weighted by molar-refractivity contribution is -0.121. The zero-order valence-corrected chi connectivity index (χ0v) is 13.5. The van der Waals surface area contributed by atoms with Gasteiger partial charge in [0, 0.05) is 12.4 Å². The van der Waals surface area contributed by atoms with Gasteiger partial charge in [0.05, 0.1) is 12.5 Å². The molecule has 0 bridgehead atoms. The molecule has 22 heavy (non-hydrogen) atoms. The van der Waals surface area contributed by atoms with E-state index in [9.17, 15) is 4.79 Å². The van der Waals surface area contributed by atoms with E-state index >= 15 is 0 Å². The molecule has 2 heterocycles. The summed E-state index contributed by atoms with van der Waals surface area (Å²) >= 11 is 0. The number of amides is 1. The Morgan fingerprint density at radius 2 is 2.14 bits per heavy atom. The molecule has 118 valence electrons. The first kappa shape index (κ1) is 16.1. The second-order valence-electron chi connectivity index (χ2n) is 6.64. The van der Waals surface area contributed by atoms with Crippen LogP contribution in [0.25, 0.3) is 0 Å². The predicted molar refractivity (Wildman–Crippen MR) is 81.9 cm³/mol. The molecule has 0 aliphatic carbocycles. The summed E-state index contributed by atoms with van der Waals surface area (Å²) in [7, 11) is 0. The highest BCUT2D eigenvalue weighted by atomic mass is 16.6. The molecule has 0 saturated heterocycles. The fourth-order valence-electron chi connectivity index (χ4n) is 2.25. The average molecular weight is 302 g/mol. The molecule has 2 aromatic heterocycles. The van der Waals surface area contributed by atoms with E-state index in [4.69, 9.17) is 0 Å². The molecule has 6 nitrogen and oxygen atoms in total. The van der Waals surface area contributed by atoms with Gasteiger partial charge in [-0.1, -0.05) is 37.2 Å². The molecule has 0 radical (unpaired) electrons. The van der Waals surface area contributed by atoms with Crippen LogP contribution in [0.5, 0.6) is 0 Å². The first-order chi connectivity index (χ1) is 10.3. The summed E-state index contributed by atoms with van der Waals surface area (Å²) in [5.41, 5.74) is 2.29. The van der Waals surface area contributed by atoms with Gasteiger partial charge in [-0.25, -0.2) is 4.63 Å². The number of aromatic nitrogens is 3. The third-order valence-corrected chi connectivity index (χ3v) is 3.31. The van der Waals surface area contributed by atoms with Crippen LogP contribution < -0.4 is 5.32 Å². The molecule has 0 saturated carbocycles. The van der Waals surface area contributed by atoms with Crippen molar-refractivity contribution in [2.24, 2.45) is 5.41 Å². The van der Waals surface area contributed by atoms with Crippen molar-refractivity contribution in [1.82, 2.24) is 20.6 Å². The number of nitrogens with zero attached hydrogens (tertiary/aromatic N) is 3. The lowest BCUT2D eigenvalue weighted by Crippen LogP contribution is -2.32. The third-order valence-electron chi connectivity index (χ3n) is 3.31. The molecule has 0 fully saturated rings. The van der Waals surface area contributed by atoms with E-state index in [1.165, 1.54) is 0 Å². The molecule has 1 atom stereocenters. The van der Waals surface area contributed by atoms with E-state index in [-0.39, 0.29) is 23.8 Å². The van der Waals surface area contributed by atoms with Crippen LogP contribution in [0.15, 0.2) is 29.2 Å². The topological polar surface area (TPSA) is 80.9 Å². The van der Waals surface area contributed by atoms with E-state index in [0.717, 1.165) is 12.0 Å². The summed E-state index contributed by atoms with van der Waals surface area (Å²) in [6.07, 6.45) is 4.50. The zero-order valence-electron chi connectivity index (χ0n) is 13.5. The number of rotatable bonds is 5. The SMILES string of the molecule is Cc1nonc1CC(=O)N[C@@H](CC(C)(C)C)c1cccnc1. The summed E-state index contributed by atoms with van der Waals surface area (Å²) in [6, 6.07) is 3.77. The molecule has 2 aromatic rings. The smallest absolute Gasteiger partial charge is 0.226 e. The number of aryl methyl sites for hydroxylation is 1. The quantitative estimate of drug-likeness (QED) is 0.918. The summed E-state index contributed by atoms with van der Waals surface area (Å²) in [4.78, 5) is 16.4. The van der Waals surface area contributed by atoms with Crippen molar-refractivity contribution in [2.75, 3.05) is 0 Å². The van der Waals surface area contributed by atoms with Gasteiger partial charge in [0.15, 0.2) is 0 Å². The Hall–Kier alpha value is -2.24. The van der Waals surface area contributed by atoms with Gasteiger partial charge in [-0.2, -0.15) is 0 Å². The van der Waals surface area contributed by atoms with E-state index < -0.39 is 0 Å². The fourth-order valence-corrected chi connectivity index (χ4v) is 2.25. The zero-order chi connectivity index (χ0) is 16.2. The van der Waals surface area contributed by atoms with Crippen LogP contribution in [0.3, 0.4) is 0 Å². The molecular weight excluding hydrogens is 280 g/mol. The van der Waals surface area contributed by atoms with Crippen molar-refractivity contribution in [3.8, 4) is 0 Å². The van der Waals surface area contributed by atoms with Crippen molar-refractivity contribution in [1.29, 1.82) is 0 Å². The summed E-state index contributed by atoms with van der Waals surface area (Å²) in [5.74, 6) is -0.100. The van der Waals surface area contributed by atoms with Gasteiger partial charge in [-0.05, 0) is 30.4 Å². The Bertz CT molecular complexity index is 617. The molecule has 6 heteroatoms. The van der Waals surface area contributed by atoms with Crippen LogP contribution in [0.4, 0.5) is 0 Å². The number of carbonyl (C=O) groups is 1. The van der Waals surface area contributed by atoms with Gasteiger partial charge in [-0.3, -0.25) is 9.78 Å². The molecule has 0 spiro atoms. The van der Waals surface area contributed by atoms with Crippen LogP contribution in [-0.4, -0.2) is 21.2 Å². The number of pyridine rings is 1. The monoisotopic (exact) mass is 302 g/mol. The van der Waals surface area contributed by atoms with Crippen LogP contribution >= 0.6 is 0 Å². The Morgan fingerprint density at radius 3 is 2.68 bits per heavy atom. The van der Waals surface area contributed by atoms with Gasteiger partial charge in [0.25, 0.3) is 0 Å². The molecule has 0 unspecified atom stereocenters. The Kier molecular flexibility index (Phi) is 4.90. The van der Waals surface area contributed by atoms with E-state index in [1.807, 2.05) is 12.1 Å². The van der Waals surface area contributed by atoms with Gasteiger partial charge in [0.2, 0.25) is 5.91 Å². The van der Waals surface area contributed by atoms with Gasteiger partial charge in [-0.15, -0.1) is 0 Å². The number of nitrogens with one attached hydrogen (secondary N) is 1. The number of hydrogen-bond acceptors (Lipinski definition) is 5. The van der Waals surface area contributed by atoms with E-state index in [1.54, 1.807) is 19.3 Å². The molecule has 0 aromatic carbocycles. The van der Waals surface area contributed by atoms with Gasteiger partial charge >= 0.3 is 0 Å². The van der Waals surface area contributed by atoms with Crippen molar-refractivity contribution in [2.45, 2.75) is 46.6 Å². The van der Waals surface area contributed by atoms with Crippen molar-refractivity contribution < 1.29 is 9.42 Å². The highest BCUT2D eigenvalue weighted by Crippen LogP contribution is 2.29. The maximum atomic E-state index is 12.3. The van der Waals surface area contributed by atoms with E-state index in [2.05, 4.69) is 46.0 Å². The predicted octanol–water partition coefficient (Wildman–Crippen LogP) is 2.61. The second kappa shape index (κ2) is 6.68. The normalized spacial score (nSPS) is 12.9. The van der Waals surface area contributed by atoms with Crippen molar-refractivity contribution >= 4 is 5.91 Å².